The van der Waals surface area contributed by atoms with Crippen molar-refractivity contribution in [2.45, 2.75) is 24.9 Å². The van der Waals surface area contributed by atoms with Gasteiger partial charge in [0.15, 0.2) is 10.9 Å². The van der Waals surface area contributed by atoms with E-state index >= 15 is 4.39 Å². The van der Waals surface area contributed by atoms with Crippen LogP contribution in [0.1, 0.15) is 12.8 Å². The molecule has 0 aliphatic carbocycles. The Bertz CT molecular complexity index is 1490. The third-order valence-electron chi connectivity index (χ3n) is 6.91. The molecule has 4 aromatic rings. The molecule has 2 fully saturated rings. The number of ether oxygens (including phenoxy) is 1. The van der Waals surface area contributed by atoms with Gasteiger partial charge in [-0.15, -0.1) is 0 Å². The highest BCUT2D eigenvalue weighted by Crippen LogP contribution is 2.43. The number of nitrogens with zero attached hydrogens (tertiary/aromatic N) is 5. The third-order valence-corrected chi connectivity index (χ3v) is 8.10. The lowest BCUT2D eigenvalue weighted by molar-refractivity contribution is 0.188. The van der Waals surface area contributed by atoms with Crippen LogP contribution in [-0.4, -0.2) is 65.2 Å². The number of benzene rings is 2. The summed E-state index contributed by atoms with van der Waals surface area (Å²) in [7, 11) is 2.05. The van der Waals surface area contributed by atoms with Gasteiger partial charge in [-0.05, 0) is 44.6 Å². The molecule has 1 unspecified atom stereocenters. The second-order valence-corrected chi connectivity index (χ2v) is 10.8. The molecule has 188 valence electrons. The number of anilines is 2. The van der Waals surface area contributed by atoms with E-state index in [0.29, 0.717) is 36.5 Å². The van der Waals surface area contributed by atoms with Crippen LogP contribution in [0.25, 0.3) is 32.2 Å². The van der Waals surface area contributed by atoms with Crippen molar-refractivity contribution in [3.8, 4) is 17.1 Å². The van der Waals surface area contributed by atoms with Crippen LogP contribution in [0, 0.1) is 11.6 Å². The van der Waals surface area contributed by atoms with Crippen LogP contribution in [-0.2, 0) is 0 Å². The summed E-state index contributed by atoms with van der Waals surface area (Å²) < 4.78 is 36.9. The zero-order valence-corrected chi connectivity index (χ0v) is 21.0. The van der Waals surface area contributed by atoms with Crippen molar-refractivity contribution in [3.63, 3.8) is 0 Å². The molecule has 6 rings (SSSR count). The maximum absolute atomic E-state index is 16.2. The van der Waals surface area contributed by atoms with E-state index in [0.717, 1.165) is 30.7 Å². The van der Waals surface area contributed by atoms with Crippen LogP contribution in [0.3, 0.4) is 0 Å². The summed E-state index contributed by atoms with van der Waals surface area (Å²) in [5.74, 6) is -0.620. The summed E-state index contributed by atoms with van der Waals surface area (Å²) in [6, 6.07) is 4.69. The molecular formula is C24H24ClF2N7OS. The topological polar surface area (TPSA) is 106 Å². The lowest BCUT2D eigenvalue weighted by atomic mass is 10.0. The lowest BCUT2D eigenvalue weighted by Gasteiger charge is -2.38. The Morgan fingerprint density at radius 2 is 2.00 bits per heavy atom. The normalized spacial score (nSPS) is 18.9. The Labute approximate surface area is 214 Å². The fraction of sp³-hybridized carbons (Fsp3) is 0.375. The Morgan fingerprint density at radius 1 is 1.19 bits per heavy atom. The summed E-state index contributed by atoms with van der Waals surface area (Å²) in [5, 5.41) is 0.769. The number of fused-ring (bicyclic) bond motifs is 2. The number of halogens is 3. The zero-order valence-electron chi connectivity index (χ0n) is 19.5. The molecule has 8 nitrogen and oxygen atoms in total. The number of aromatic nitrogens is 3. The van der Waals surface area contributed by atoms with E-state index in [4.69, 9.17) is 27.8 Å². The van der Waals surface area contributed by atoms with Crippen LogP contribution >= 0.6 is 22.9 Å². The molecule has 2 aromatic heterocycles. The largest absolute Gasteiger partial charge is 0.462 e. The molecule has 4 heterocycles. The molecule has 0 amide bonds. The van der Waals surface area contributed by atoms with E-state index in [1.54, 1.807) is 6.07 Å². The second kappa shape index (κ2) is 8.91. The zero-order chi connectivity index (χ0) is 25.1. The molecule has 0 spiro atoms. The third kappa shape index (κ3) is 3.90. The molecule has 2 aromatic carbocycles. The highest BCUT2D eigenvalue weighted by Gasteiger charge is 2.30. The fourth-order valence-electron chi connectivity index (χ4n) is 4.95. The molecule has 4 N–H and O–H groups in total. The summed E-state index contributed by atoms with van der Waals surface area (Å²) in [6.45, 7) is 2.57. The average Bonchev–Trinajstić information content (AvgIpc) is 3.42. The average molecular weight is 532 g/mol. The Balaban J connectivity index is 1.50. The van der Waals surface area contributed by atoms with E-state index in [-0.39, 0.29) is 49.5 Å². The van der Waals surface area contributed by atoms with Gasteiger partial charge in [-0.25, -0.2) is 13.8 Å². The molecule has 12 heteroatoms. The molecular weight excluding hydrogens is 508 g/mol. The fourth-order valence-corrected chi connectivity index (χ4v) is 6.01. The quantitative estimate of drug-likeness (QED) is 0.397. The first kappa shape index (κ1) is 23.5. The van der Waals surface area contributed by atoms with Crippen LogP contribution in [0.15, 0.2) is 18.2 Å². The Morgan fingerprint density at radius 3 is 2.72 bits per heavy atom. The van der Waals surface area contributed by atoms with E-state index < -0.39 is 11.6 Å². The number of likely N-dealkylation sites (N-methyl/N-ethyl adjacent to an activating group) is 1. The monoisotopic (exact) mass is 531 g/mol. The standard InChI is InChI=1S/C24H24ClF2N7OS/c1-33-6-2-3-12(33)10-35-24-31-19-14(22(32-24)34-8-11(28)9-34)7-15(25)17(18(19)27)13-4-5-16(26)21-20(13)30-23(29)36-21/h4-5,7,11-12H,2-3,6,8-10,28H2,1H3,(H2,29,30). The molecule has 0 radical (unpaired) electrons. The van der Waals surface area contributed by atoms with Gasteiger partial charge in [0.05, 0.1) is 15.2 Å². The second-order valence-electron chi connectivity index (χ2n) is 9.35. The number of nitrogens with two attached hydrogens (primary N) is 2. The molecule has 0 bridgehead atoms. The number of hydrogen-bond acceptors (Lipinski definition) is 9. The molecule has 2 aliphatic rings. The van der Waals surface area contributed by atoms with E-state index in [9.17, 15) is 4.39 Å². The predicted molar refractivity (Wildman–Crippen MR) is 139 cm³/mol. The van der Waals surface area contributed by atoms with Gasteiger partial charge in [0.2, 0.25) is 0 Å². The molecule has 36 heavy (non-hydrogen) atoms. The maximum Gasteiger partial charge on any atom is 0.319 e. The van der Waals surface area contributed by atoms with Gasteiger partial charge in [-0.2, -0.15) is 9.97 Å². The highest BCUT2D eigenvalue weighted by molar-refractivity contribution is 7.22. The molecule has 2 aliphatic heterocycles. The minimum absolute atomic E-state index is 0.00809. The van der Waals surface area contributed by atoms with Gasteiger partial charge in [-0.1, -0.05) is 22.9 Å². The summed E-state index contributed by atoms with van der Waals surface area (Å²) >= 11 is 7.63. The Kier molecular flexibility index (Phi) is 5.83. The Hall–Kier alpha value is -2.86. The lowest BCUT2D eigenvalue weighted by Crippen LogP contribution is -2.56. The van der Waals surface area contributed by atoms with E-state index in [2.05, 4.69) is 26.9 Å². The van der Waals surface area contributed by atoms with Gasteiger partial charge in [0, 0.05) is 41.7 Å². The van der Waals surface area contributed by atoms with Gasteiger partial charge >= 0.3 is 6.01 Å². The van der Waals surface area contributed by atoms with Crippen molar-refractivity contribution in [1.82, 2.24) is 19.9 Å². The van der Waals surface area contributed by atoms with Gasteiger partial charge in [0.1, 0.15) is 23.8 Å². The molecule has 0 saturated carbocycles. The van der Waals surface area contributed by atoms with Crippen molar-refractivity contribution in [2.75, 3.05) is 43.9 Å². The summed E-state index contributed by atoms with van der Waals surface area (Å²) in [6.07, 6.45) is 2.12. The molecule has 2 saturated heterocycles. The SMILES string of the molecule is CN1CCCC1COc1nc(N2CC(N)C2)c2cc(Cl)c(-c3ccc(F)c4sc(N)nc34)c(F)c2n1. The van der Waals surface area contributed by atoms with Crippen LogP contribution < -0.4 is 21.1 Å². The minimum Gasteiger partial charge on any atom is -0.462 e. The number of rotatable bonds is 5. The highest BCUT2D eigenvalue weighted by atomic mass is 35.5. The van der Waals surface area contributed by atoms with Crippen LogP contribution in [0.2, 0.25) is 5.02 Å². The predicted octanol–water partition coefficient (Wildman–Crippen LogP) is 4.04. The minimum atomic E-state index is -0.659. The number of thiazole rings is 1. The summed E-state index contributed by atoms with van der Waals surface area (Å²) in [5.41, 5.74) is 12.6. The van der Waals surface area contributed by atoms with Crippen LogP contribution in [0.4, 0.5) is 19.7 Å². The van der Waals surface area contributed by atoms with Crippen molar-refractivity contribution in [2.24, 2.45) is 5.73 Å². The van der Waals surface area contributed by atoms with Crippen molar-refractivity contribution in [1.29, 1.82) is 0 Å². The molecule has 1 atom stereocenters. The number of hydrogen-bond donors (Lipinski definition) is 2. The van der Waals surface area contributed by atoms with Crippen molar-refractivity contribution < 1.29 is 13.5 Å². The van der Waals surface area contributed by atoms with Gasteiger partial charge in [0.25, 0.3) is 0 Å². The van der Waals surface area contributed by atoms with Crippen molar-refractivity contribution in [3.05, 3.63) is 34.9 Å². The van der Waals surface area contributed by atoms with E-state index in [1.165, 1.54) is 12.1 Å². The number of nitrogen functional groups attached to an aromatic ring is 1. The van der Waals surface area contributed by atoms with Gasteiger partial charge < -0.3 is 26.0 Å². The first-order chi connectivity index (χ1) is 17.3. The number of likely N-dealkylation sites (tertiary alicyclic amines) is 1. The van der Waals surface area contributed by atoms with Crippen LogP contribution in [0.5, 0.6) is 6.01 Å². The summed E-state index contributed by atoms with van der Waals surface area (Å²) in [4.78, 5) is 17.5. The first-order valence-corrected chi connectivity index (χ1v) is 12.9. The van der Waals surface area contributed by atoms with E-state index in [1.807, 2.05) is 4.90 Å². The van der Waals surface area contributed by atoms with Crippen molar-refractivity contribution >= 4 is 55.0 Å². The smallest absolute Gasteiger partial charge is 0.319 e. The van der Waals surface area contributed by atoms with Gasteiger partial charge in [-0.3, -0.25) is 0 Å². The maximum atomic E-state index is 16.2. The first-order valence-electron chi connectivity index (χ1n) is 11.7.